The van der Waals surface area contributed by atoms with Gasteiger partial charge in [0, 0.05) is 43.2 Å². The Morgan fingerprint density at radius 3 is 2.92 bits per heavy atom. The fraction of sp³-hybridized carbons (Fsp3) is 0.556. The van der Waals surface area contributed by atoms with Gasteiger partial charge >= 0.3 is 0 Å². The lowest BCUT2D eigenvalue weighted by molar-refractivity contribution is -0.127. The van der Waals surface area contributed by atoms with Crippen molar-refractivity contribution < 1.29 is 14.3 Å². The van der Waals surface area contributed by atoms with Crippen LogP contribution in [-0.2, 0) is 16.1 Å². The van der Waals surface area contributed by atoms with Crippen LogP contribution in [0.5, 0.6) is 5.75 Å². The molecule has 7 heteroatoms. The van der Waals surface area contributed by atoms with Gasteiger partial charge < -0.3 is 15.0 Å². The molecule has 1 aromatic rings. The van der Waals surface area contributed by atoms with Crippen LogP contribution in [0.3, 0.4) is 0 Å². The average Bonchev–Trinajstić information content (AvgIpc) is 2.97. The van der Waals surface area contributed by atoms with Crippen molar-refractivity contribution in [2.45, 2.75) is 25.8 Å². The Morgan fingerprint density at radius 2 is 2.24 bits per heavy atom. The highest BCUT2D eigenvalue weighted by molar-refractivity contribution is 6.30. The number of nitrogens with one attached hydrogen (secondary N) is 1. The number of likely N-dealkylation sites (N-methyl/N-ethyl adjacent to an activating group) is 1. The van der Waals surface area contributed by atoms with Gasteiger partial charge in [-0.3, -0.25) is 14.5 Å². The highest BCUT2D eigenvalue weighted by atomic mass is 35.5. The number of nitrogens with zero attached hydrogens (tertiary/aromatic N) is 2. The Morgan fingerprint density at radius 1 is 1.44 bits per heavy atom. The van der Waals surface area contributed by atoms with Crippen LogP contribution in [0.1, 0.15) is 24.8 Å². The van der Waals surface area contributed by atoms with Crippen LogP contribution in [0.2, 0.25) is 5.02 Å². The molecule has 138 valence electrons. The van der Waals surface area contributed by atoms with Crippen LogP contribution >= 0.6 is 11.6 Å². The Balaban J connectivity index is 1.69. The first-order valence-corrected chi connectivity index (χ1v) is 8.93. The van der Waals surface area contributed by atoms with Crippen molar-refractivity contribution in [2.24, 2.45) is 0 Å². The van der Waals surface area contributed by atoms with Crippen LogP contribution in [0.15, 0.2) is 18.2 Å². The number of hydrogen-bond acceptors (Lipinski definition) is 4. The first-order valence-electron chi connectivity index (χ1n) is 8.55. The number of ether oxygens (including phenoxy) is 1. The van der Waals surface area contributed by atoms with Crippen LogP contribution in [-0.4, -0.2) is 62.0 Å². The summed E-state index contributed by atoms with van der Waals surface area (Å²) >= 11 is 6.03. The van der Waals surface area contributed by atoms with Crippen LogP contribution in [0.25, 0.3) is 0 Å². The molecule has 1 N–H and O–H groups in total. The predicted molar refractivity (Wildman–Crippen MR) is 97.8 cm³/mol. The molecule has 0 bridgehead atoms. The molecule has 0 aromatic heterocycles. The Labute approximate surface area is 154 Å². The van der Waals surface area contributed by atoms with Gasteiger partial charge in [0.15, 0.2) is 0 Å². The standard InChI is InChI=1S/C18H26ClN3O3/c1-21(12-14-11-15(19)6-7-16(14)25-2)13-17(23)20-8-4-10-22-9-3-5-18(22)24/h6-7,11H,3-5,8-10,12-13H2,1-2H3,(H,20,23). The second kappa shape index (κ2) is 9.63. The molecule has 2 rings (SSSR count). The van der Waals surface area contributed by atoms with Crippen LogP contribution < -0.4 is 10.1 Å². The van der Waals surface area contributed by atoms with Gasteiger partial charge in [0.05, 0.1) is 13.7 Å². The maximum Gasteiger partial charge on any atom is 0.234 e. The van der Waals surface area contributed by atoms with E-state index in [1.807, 2.05) is 29.0 Å². The molecule has 2 amide bonds. The third-order valence-electron chi connectivity index (χ3n) is 4.19. The fourth-order valence-corrected chi connectivity index (χ4v) is 3.15. The van der Waals surface area contributed by atoms with Gasteiger partial charge in [-0.15, -0.1) is 0 Å². The molecule has 25 heavy (non-hydrogen) atoms. The van der Waals surface area contributed by atoms with Gasteiger partial charge in [-0.05, 0) is 38.1 Å². The number of methoxy groups -OCH3 is 1. The number of benzene rings is 1. The van der Waals surface area contributed by atoms with E-state index in [9.17, 15) is 9.59 Å². The molecule has 1 aliphatic heterocycles. The number of carbonyl (C=O) groups is 2. The Bertz CT molecular complexity index is 609. The zero-order valence-corrected chi connectivity index (χ0v) is 15.6. The smallest absolute Gasteiger partial charge is 0.234 e. The van der Waals surface area contributed by atoms with Crippen LogP contribution in [0.4, 0.5) is 0 Å². The summed E-state index contributed by atoms with van der Waals surface area (Å²) in [7, 11) is 3.49. The van der Waals surface area contributed by atoms with Crippen molar-refractivity contribution in [3.8, 4) is 5.75 Å². The summed E-state index contributed by atoms with van der Waals surface area (Å²) in [6, 6.07) is 5.45. The van der Waals surface area contributed by atoms with Gasteiger partial charge in [0.25, 0.3) is 0 Å². The lowest BCUT2D eigenvalue weighted by Crippen LogP contribution is -2.36. The van der Waals surface area contributed by atoms with Crippen molar-refractivity contribution in [3.63, 3.8) is 0 Å². The maximum absolute atomic E-state index is 12.0. The Kier molecular flexibility index (Phi) is 7.52. The number of rotatable bonds is 9. The molecular weight excluding hydrogens is 342 g/mol. The monoisotopic (exact) mass is 367 g/mol. The molecule has 1 saturated heterocycles. The lowest BCUT2D eigenvalue weighted by Gasteiger charge is -2.19. The minimum absolute atomic E-state index is 0.0313. The summed E-state index contributed by atoms with van der Waals surface area (Å²) < 4.78 is 5.33. The van der Waals surface area contributed by atoms with Crippen LogP contribution in [0, 0.1) is 0 Å². The molecule has 0 radical (unpaired) electrons. The number of hydrogen-bond donors (Lipinski definition) is 1. The normalized spacial score (nSPS) is 14.2. The van der Waals surface area contributed by atoms with E-state index in [1.165, 1.54) is 0 Å². The van der Waals surface area contributed by atoms with Crippen molar-refractivity contribution in [1.29, 1.82) is 0 Å². The molecule has 0 atom stereocenters. The van der Waals surface area contributed by atoms with Crippen molar-refractivity contribution in [2.75, 3.05) is 40.3 Å². The topological polar surface area (TPSA) is 61.9 Å². The summed E-state index contributed by atoms with van der Waals surface area (Å²) in [6.07, 6.45) is 2.39. The lowest BCUT2D eigenvalue weighted by atomic mass is 10.2. The second-order valence-corrected chi connectivity index (χ2v) is 6.75. The number of carbonyl (C=O) groups excluding carboxylic acids is 2. The molecule has 1 aromatic carbocycles. The molecule has 0 aliphatic carbocycles. The highest BCUT2D eigenvalue weighted by Crippen LogP contribution is 2.23. The van der Waals surface area contributed by atoms with E-state index >= 15 is 0 Å². The van der Waals surface area contributed by atoms with Gasteiger partial charge in [0.2, 0.25) is 11.8 Å². The van der Waals surface area contributed by atoms with Crippen molar-refractivity contribution >= 4 is 23.4 Å². The fourth-order valence-electron chi connectivity index (χ4n) is 2.96. The van der Waals surface area contributed by atoms with Gasteiger partial charge in [-0.2, -0.15) is 0 Å². The molecule has 0 unspecified atom stereocenters. The molecule has 0 spiro atoms. The minimum Gasteiger partial charge on any atom is -0.496 e. The second-order valence-electron chi connectivity index (χ2n) is 6.32. The van der Waals surface area contributed by atoms with E-state index in [2.05, 4.69) is 5.32 Å². The summed E-state index contributed by atoms with van der Waals surface area (Å²) in [5.74, 6) is 0.949. The molecule has 0 saturated carbocycles. The molecule has 6 nitrogen and oxygen atoms in total. The molecule has 1 heterocycles. The first-order chi connectivity index (χ1) is 12.0. The summed E-state index contributed by atoms with van der Waals surface area (Å²) in [5, 5.41) is 3.55. The highest BCUT2D eigenvalue weighted by Gasteiger charge is 2.19. The van der Waals surface area contributed by atoms with E-state index in [-0.39, 0.29) is 18.4 Å². The van der Waals surface area contributed by atoms with Gasteiger partial charge in [-0.25, -0.2) is 0 Å². The largest absolute Gasteiger partial charge is 0.496 e. The SMILES string of the molecule is COc1ccc(Cl)cc1CN(C)CC(=O)NCCCN1CCCC1=O. The van der Waals surface area contributed by atoms with Gasteiger partial charge in [0.1, 0.15) is 5.75 Å². The summed E-state index contributed by atoms with van der Waals surface area (Å²) in [5.41, 5.74) is 0.942. The van der Waals surface area contributed by atoms with Crippen molar-refractivity contribution in [1.82, 2.24) is 15.1 Å². The maximum atomic E-state index is 12.0. The zero-order valence-electron chi connectivity index (χ0n) is 14.9. The van der Waals surface area contributed by atoms with E-state index in [1.54, 1.807) is 13.2 Å². The summed E-state index contributed by atoms with van der Waals surface area (Å²) in [6.45, 7) is 3.00. The molecule has 1 aliphatic rings. The number of amides is 2. The molecular formula is C18H26ClN3O3. The zero-order chi connectivity index (χ0) is 18.2. The number of likely N-dealkylation sites (tertiary alicyclic amines) is 1. The summed E-state index contributed by atoms with van der Waals surface area (Å²) in [4.78, 5) is 27.3. The van der Waals surface area contributed by atoms with E-state index in [0.29, 0.717) is 31.1 Å². The van der Waals surface area contributed by atoms with E-state index in [4.69, 9.17) is 16.3 Å². The van der Waals surface area contributed by atoms with E-state index in [0.717, 1.165) is 30.7 Å². The number of halogens is 1. The first kappa shape index (κ1) is 19.5. The van der Waals surface area contributed by atoms with E-state index < -0.39 is 0 Å². The van der Waals surface area contributed by atoms with Crippen molar-refractivity contribution in [3.05, 3.63) is 28.8 Å². The third-order valence-corrected chi connectivity index (χ3v) is 4.43. The molecule has 1 fully saturated rings. The third kappa shape index (κ3) is 6.21. The predicted octanol–water partition coefficient (Wildman–Crippen LogP) is 1.91. The quantitative estimate of drug-likeness (QED) is 0.677. The van der Waals surface area contributed by atoms with Gasteiger partial charge in [-0.1, -0.05) is 11.6 Å². The average molecular weight is 368 g/mol. The Hall–Kier alpha value is -1.79. The minimum atomic E-state index is -0.0313.